The molecule has 0 saturated heterocycles. The van der Waals surface area contributed by atoms with E-state index >= 15 is 0 Å². The quantitative estimate of drug-likeness (QED) is 0.295. The van der Waals surface area contributed by atoms with Gasteiger partial charge in [-0.25, -0.2) is 4.98 Å². The molecule has 0 saturated carbocycles. The highest BCUT2D eigenvalue weighted by Gasteiger charge is 2.33. The third-order valence-electron chi connectivity index (χ3n) is 6.85. The Morgan fingerprint density at radius 2 is 1.72 bits per heavy atom. The number of nitrogens with zero attached hydrogens (tertiary/aromatic N) is 3. The summed E-state index contributed by atoms with van der Waals surface area (Å²) in [6.07, 6.45) is 1.64. The Labute approximate surface area is 215 Å². The Kier molecular flexibility index (Phi) is 8.21. The molecular formula is C31H38N4O. The van der Waals surface area contributed by atoms with Crippen LogP contribution < -0.4 is 5.73 Å². The predicted octanol–water partition coefficient (Wildman–Crippen LogP) is 6.14. The molecule has 1 aromatic heterocycles. The van der Waals surface area contributed by atoms with Crippen LogP contribution in [0, 0.1) is 12.8 Å². The predicted molar refractivity (Wildman–Crippen MR) is 148 cm³/mol. The number of imidazole rings is 1. The van der Waals surface area contributed by atoms with Gasteiger partial charge in [-0.05, 0) is 61.6 Å². The summed E-state index contributed by atoms with van der Waals surface area (Å²) in [6.45, 7) is 10.4. The lowest BCUT2D eigenvalue weighted by Gasteiger charge is -2.34. The monoisotopic (exact) mass is 482 g/mol. The average Bonchev–Trinajstić information content (AvgIpc) is 3.24. The molecule has 1 atom stereocenters. The van der Waals surface area contributed by atoms with Crippen LogP contribution in [-0.2, 0) is 13.0 Å². The number of hydrogen-bond acceptors (Lipinski definition) is 3. The minimum atomic E-state index is -0.189. The second-order valence-electron chi connectivity index (χ2n) is 9.88. The minimum absolute atomic E-state index is 0.0242. The van der Waals surface area contributed by atoms with Gasteiger partial charge in [-0.1, -0.05) is 80.9 Å². The van der Waals surface area contributed by atoms with Crippen molar-refractivity contribution in [3.63, 3.8) is 0 Å². The van der Waals surface area contributed by atoms with Gasteiger partial charge in [-0.15, -0.1) is 0 Å². The minimum Gasteiger partial charge on any atom is -0.330 e. The van der Waals surface area contributed by atoms with Gasteiger partial charge in [-0.3, -0.25) is 4.79 Å². The Balaban J connectivity index is 1.88. The molecule has 0 aliphatic carbocycles. The van der Waals surface area contributed by atoms with Crippen LogP contribution >= 0.6 is 0 Å². The van der Waals surface area contributed by atoms with Crippen LogP contribution in [0.3, 0.4) is 0 Å². The molecule has 36 heavy (non-hydrogen) atoms. The molecule has 0 aliphatic heterocycles. The fourth-order valence-corrected chi connectivity index (χ4v) is 4.95. The van der Waals surface area contributed by atoms with Crippen LogP contribution in [0.25, 0.3) is 11.0 Å². The molecule has 4 rings (SSSR count). The van der Waals surface area contributed by atoms with Crippen molar-refractivity contribution in [3.8, 4) is 0 Å². The van der Waals surface area contributed by atoms with Gasteiger partial charge in [0.1, 0.15) is 5.82 Å². The summed E-state index contributed by atoms with van der Waals surface area (Å²) in [5.74, 6) is 1.12. The lowest BCUT2D eigenvalue weighted by atomic mass is 9.99. The van der Waals surface area contributed by atoms with Crippen LogP contribution in [0.1, 0.15) is 66.1 Å². The Hall–Kier alpha value is -3.44. The van der Waals surface area contributed by atoms with E-state index in [1.54, 1.807) is 0 Å². The van der Waals surface area contributed by atoms with Gasteiger partial charge < -0.3 is 15.2 Å². The first-order valence-corrected chi connectivity index (χ1v) is 13.0. The summed E-state index contributed by atoms with van der Waals surface area (Å²) in [4.78, 5) is 21.2. The number of rotatable bonds is 10. The molecular weight excluding hydrogens is 444 g/mol. The lowest BCUT2D eigenvalue weighted by molar-refractivity contribution is 0.0605. The van der Waals surface area contributed by atoms with Crippen molar-refractivity contribution in [1.29, 1.82) is 0 Å². The van der Waals surface area contributed by atoms with Gasteiger partial charge >= 0.3 is 0 Å². The molecule has 5 nitrogen and oxygen atoms in total. The highest BCUT2D eigenvalue weighted by molar-refractivity contribution is 5.94. The maximum atomic E-state index is 13.9. The Bertz CT molecular complexity index is 1290. The van der Waals surface area contributed by atoms with Crippen molar-refractivity contribution in [2.75, 3.05) is 13.1 Å². The number of aromatic nitrogens is 2. The number of aryl methyl sites for hydroxylation is 2. The number of amides is 1. The lowest BCUT2D eigenvalue weighted by Crippen LogP contribution is -2.40. The van der Waals surface area contributed by atoms with Crippen LogP contribution in [0.5, 0.6) is 0 Å². The SMILES string of the molecule is CCc1cccc2c1nc(C(C(C)C)N(CCCN)C(=O)c1ccc(C)cc1)n2Cc1ccccc1. The largest absolute Gasteiger partial charge is 0.330 e. The van der Waals surface area contributed by atoms with E-state index in [0.717, 1.165) is 35.3 Å². The number of carbonyl (C=O) groups excluding carboxylic acids is 1. The molecule has 1 amide bonds. The molecule has 1 heterocycles. The summed E-state index contributed by atoms with van der Waals surface area (Å²) < 4.78 is 2.31. The molecule has 0 fully saturated rings. The molecule has 3 aromatic carbocycles. The van der Waals surface area contributed by atoms with Crippen molar-refractivity contribution in [3.05, 3.63) is 101 Å². The fourth-order valence-electron chi connectivity index (χ4n) is 4.95. The van der Waals surface area contributed by atoms with Gasteiger partial charge in [0.15, 0.2) is 0 Å². The third-order valence-corrected chi connectivity index (χ3v) is 6.85. The molecule has 0 aliphatic rings. The standard InChI is InChI=1S/C31H38N4O/c1-5-25-13-9-14-27-28(25)33-30(35(27)21-24-11-7-6-8-12-24)29(22(2)3)34(20-10-19-32)31(36)26-17-15-23(4)16-18-26/h6-9,11-18,22,29H,5,10,19-21,32H2,1-4H3. The van der Waals surface area contributed by atoms with E-state index in [0.29, 0.717) is 25.2 Å². The third kappa shape index (κ3) is 5.36. The van der Waals surface area contributed by atoms with E-state index < -0.39 is 0 Å². The van der Waals surface area contributed by atoms with Gasteiger partial charge in [-0.2, -0.15) is 0 Å². The zero-order valence-electron chi connectivity index (χ0n) is 21.9. The van der Waals surface area contributed by atoms with Crippen LogP contribution in [0.15, 0.2) is 72.8 Å². The molecule has 188 valence electrons. The first-order chi connectivity index (χ1) is 17.4. The first-order valence-electron chi connectivity index (χ1n) is 13.0. The molecule has 0 radical (unpaired) electrons. The molecule has 2 N–H and O–H groups in total. The molecule has 1 unspecified atom stereocenters. The van der Waals surface area contributed by atoms with Gasteiger partial charge in [0, 0.05) is 18.7 Å². The summed E-state index contributed by atoms with van der Waals surface area (Å²) in [5.41, 5.74) is 12.3. The van der Waals surface area contributed by atoms with E-state index in [1.807, 2.05) is 42.2 Å². The summed E-state index contributed by atoms with van der Waals surface area (Å²) >= 11 is 0. The van der Waals surface area contributed by atoms with E-state index in [9.17, 15) is 4.79 Å². The van der Waals surface area contributed by atoms with Crippen molar-refractivity contribution in [2.45, 2.75) is 53.1 Å². The van der Waals surface area contributed by atoms with Gasteiger partial charge in [0.2, 0.25) is 0 Å². The van der Waals surface area contributed by atoms with Crippen LogP contribution in [0.4, 0.5) is 0 Å². The van der Waals surface area contributed by atoms with Crippen LogP contribution in [0.2, 0.25) is 0 Å². The van der Waals surface area contributed by atoms with Gasteiger partial charge in [0.25, 0.3) is 5.91 Å². The number of hydrogen-bond donors (Lipinski definition) is 1. The highest BCUT2D eigenvalue weighted by Crippen LogP contribution is 2.34. The second-order valence-corrected chi connectivity index (χ2v) is 9.88. The average molecular weight is 483 g/mol. The van der Waals surface area contributed by atoms with Gasteiger partial charge in [0.05, 0.1) is 17.1 Å². The zero-order chi connectivity index (χ0) is 25.7. The summed E-state index contributed by atoms with van der Waals surface area (Å²) in [7, 11) is 0. The maximum absolute atomic E-state index is 13.9. The van der Waals surface area contributed by atoms with Crippen molar-refractivity contribution in [1.82, 2.24) is 14.5 Å². The fraction of sp³-hybridized carbons (Fsp3) is 0.355. The topological polar surface area (TPSA) is 64.2 Å². The highest BCUT2D eigenvalue weighted by atomic mass is 16.2. The van der Waals surface area contributed by atoms with Crippen molar-refractivity contribution in [2.24, 2.45) is 11.7 Å². The van der Waals surface area contributed by atoms with Crippen LogP contribution in [-0.4, -0.2) is 33.4 Å². The Morgan fingerprint density at radius 3 is 2.36 bits per heavy atom. The maximum Gasteiger partial charge on any atom is 0.254 e. The molecule has 5 heteroatoms. The number of fused-ring (bicyclic) bond motifs is 1. The molecule has 0 spiro atoms. The Morgan fingerprint density at radius 1 is 1.00 bits per heavy atom. The summed E-state index contributed by atoms with van der Waals surface area (Å²) in [6, 6.07) is 24.5. The number of carbonyl (C=O) groups is 1. The van der Waals surface area contributed by atoms with E-state index in [4.69, 9.17) is 10.7 Å². The van der Waals surface area contributed by atoms with E-state index in [-0.39, 0.29) is 17.9 Å². The number of benzene rings is 3. The van der Waals surface area contributed by atoms with Crippen molar-refractivity contribution >= 4 is 16.9 Å². The van der Waals surface area contributed by atoms with Crippen molar-refractivity contribution < 1.29 is 4.79 Å². The number of para-hydroxylation sites is 1. The normalized spacial score (nSPS) is 12.3. The molecule has 4 aromatic rings. The second kappa shape index (κ2) is 11.5. The molecule has 0 bridgehead atoms. The van der Waals surface area contributed by atoms with E-state index in [1.165, 1.54) is 11.1 Å². The number of nitrogens with two attached hydrogens (primary N) is 1. The smallest absolute Gasteiger partial charge is 0.254 e. The zero-order valence-corrected chi connectivity index (χ0v) is 21.9. The van der Waals surface area contributed by atoms with E-state index in [2.05, 4.69) is 67.8 Å². The first kappa shape index (κ1) is 25.6. The summed E-state index contributed by atoms with van der Waals surface area (Å²) in [5, 5.41) is 0.